The quantitative estimate of drug-likeness (QED) is 0.731. The largest absolute Gasteiger partial charge is 0.333 e. The highest BCUT2D eigenvalue weighted by Crippen LogP contribution is 2.15. The molecule has 2 heterocycles. The molecule has 0 amide bonds. The lowest BCUT2D eigenvalue weighted by molar-refractivity contribution is 0.886. The van der Waals surface area contributed by atoms with Crippen LogP contribution in [0.15, 0.2) is 34.9 Å². The van der Waals surface area contributed by atoms with Gasteiger partial charge < -0.3 is 4.98 Å². The van der Waals surface area contributed by atoms with Crippen LogP contribution in [0.2, 0.25) is 0 Å². The van der Waals surface area contributed by atoms with Gasteiger partial charge in [0.25, 0.3) is 0 Å². The van der Waals surface area contributed by atoms with Crippen LogP contribution in [0.3, 0.4) is 0 Å². The maximum absolute atomic E-state index is 4.30. The van der Waals surface area contributed by atoms with Crippen molar-refractivity contribution in [1.82, 2.24) is 19.7 Å². The fraction of sp³-hybridized carbons (Fsp3) is 0. The number of fused-ring (bicyclic) bond motifs is 1. The van der Waals surface area contributed by atoms with Crippen LogP contribution >= 0.6 is 15.9 Å². The molecule has 0 spiro atoms. The first-order chi connectivity index (χ1) is 7.33. The zero-order chi connectivity index (χ0) is 10.3. The van der Waals surface area contributed by atoms with Gasteiger partial charge in [0.2, 0.25) is 0 Å². The van der Waals surface area contributed by atoms with Crippen LogP contribution in [0.4, 0.5) is 0 Å². The molecule has 0 unspecified atom stereocenters. The summed E-state index contributed by atoms with van der Waals surface area (Å²) in [4.78, 5) is 6.85. The minimum absolute atomic E-state index is 0.679. The maximum atomic E-state index is 4.30. The van der Waals surface area contributed by atoms with Gasteiger partial charge in [0.1, 0.15) is 5.52 Å². The molecule has 73 valence electrons. The predicted molar refractivity (Wildman–Crippen MR) is 59.8 cm³/mol. The van der Waals surface area contributed by atoms with Crippen molar-refractivity contribution in [1.29, 1.82) is 0 Å². The first-order valence-electron chi connectivity index (χ1n) is 4.40. The Morgan fingerprint density at radius 1 is 1.27 bits per heavy atom. The van der Waals surface area contributed by atoms with Crippen molar-refractivity contribution in [3.63, 3.8) is 0 Å². The van der Waals surface area contributed by atoms with E-state index in [4.69, 9.17) is 0 Å². The van der Waals surface area contributed by atoms with Crippen molar-refractivity contribution in [3.05, 3.63) is 41.3 Å². The number of hydrogen-bond acceptors (Lipinski definition) is 2. The van der Waals surface area contributed by atoms with E-state index in [1.165, 1.54) is 0 Å². The lowest BCUT2D eigenvalue weighted by Gasteiger charge is -1.99. The number of imidazole rings is 1. The standard InChI is InChI=1S/C10H6BrN4/c11-7-1-3-8(4-2-7)15-5-9-10(14-15)13-6-12-9/h1-5H,(H,12,13,14). The zero-order valence-corrected chi connectivity index (χ0v) is 9.19. The van der Waals surface area contributed by atoms with E-state index in [0.29, 0.717) is 5.65 Å². The lowest BCUT2D eigenvalue weighted by atomic mass is 10.3. The van der Waals surface area contributed by atoms with E-state index in [2.05, 4.69) is 37.3 Å². The van der Waals surface area contributed by atoms with Crippen LogP contribution < -0.4 is 0 Å². The second kappa shape index (κ2) is 3.20. The molecule has 1 N–H and O–H groups in total. The topological polar surface area (TPSA) is 46.5 Å². The van der Waals surface area contributed by atoms with E-state index < -0.39 is 0 Å². The summed E-state index contributed by atoms with van der Waals surface area (Å²) in [7, 11) is 0. The fourth-order valence-electron chi connectivity index (χ4n) is 1.40. The van der Waals surface area contributed by atoms with Crippen molar-refractivity contribution in [3.8, 4) is 5.69 Å². The first kappa shape index (κ1) is 8.67. The Morgan fingerprint density at radius 3 is 2.80 bits per heavy atom. The number of benzene rings is 1. The molecular formula is C10H6BrN4. The van der Waals surface area contributed by atoms with Crippen molar-refractivity contribution in [2.75, 3.05) is 0 Å². The van der Waals surface area contributed by atoms with Gasteiger partial charge in [-0.05, 0) is 24.3 Å². The number of aromatic nitrogens is 4. The molecule has 1 radical (unpaired) electrons. The molecule has 0 aliphatic heterocycles. The van der Waals surface area contributed by atoms with Crippen molar-refractivity contribution >= 4 is 27.1 Å². The highest BCUT2D eigenvalue weighted by molar-refractivity contribution is 9.10. The Labute approximate surface area is 94.1 Å². The van der Waals surface area contributed by atoms with Crippen molar-refractivity contribution < 1.29 is 0 Å². The number of aromatic amines is 1. The van der Waals surface area contributed by atoms with E-state index in [1.807, 2.05) is 30.5 Å². The summed E-state index contributed by atoms with van der Waals surface area (Å²) < 4.78 is 2.84. The minimum Gasteiger partial charge on any atom is -0.333 e. The lowest BCUT2D eigenvalue weighted by Crippen LogP contribution is -1.93. The molecule has 0 fully saturated rings. The van der Waals surface area contributed by atoms with Gasteiger partial charge in [-0.1, -0.05) is 15.9 Å². The molecular weight excluding hydrogens is 256 g/mol. The van der Waals surface area contributed by atoms with Gasteiger partial charge >= 0.3 is 0 Å². The summed E-state index contributed by atoms with van der Waals surface area (Å²) >= 11 is 3.39. The molecule has 0 saturated heterocycles. The van der Waals surface area contributed by atoms with Crippen LogP contribution in [-0.2, 0) is 0 Å². The Balaban J connectivity index is 2.13. The van der Waals surface area contributed by atoms with Gasteiger partial charge in [-0.3, -0.25) is 0 Å². The minimum atomic E-state index is 0.679. The summed E-state index contributed by atoms with van der Waals surface area (Å²) in [5, 5.41) is 4.30. The van der Waals surface area contributed by atoms with E-state index in [-0.39, 0.29) is 0 Å². The molecule has 5 heteroatoms. The summed E-state index contributed by atoms with van der Waals surface area (Å²) in [6.45, 7) is 0. The molecule has 1 aromatic carbocycles. The molecule has 0 atom stereocenters. The van der Waals surface area contributed by atoms with Gasteiger partial charge in [0, 0.05) is 4.47 Å². The molecule has 2 aromatic heterocycles. The number of rotatable bonds is 1. The van der Waals surface area contributed by atoms with Crippen LogP contribution in [0.5, 0.6) is 0 Å². The van der Waals surface area contributed by atoms with Crippen LogP contribution in [-0.4, -0.2) is 19.7 Å². The number of halogens is 1. The molecule has 4 nitrogen and oxygen atoms in total. The van der Waals surface area contributed by atoms with E-state index >= 15 is 0 Å². The molecule has 0 bridgehead atoms. The molecule has 0 saturated carbocycles. The summed E-state index contributed by atoms with van der Waals surface area (Å²) in [5.41, 5.74) is 2.57. The Hall–Kier alpha value is -1.62. The second-order valence-corrected chi connectivity index (χ2v) is 4.05. The third kappa shape index (κ3) is 1.45. The van der Waals surface area contributed by atoms with E-state index in [0.717, 1.165) is 15.7 Å². The summed E-state index contributed by atoms with van der Waals surface area (Å²) in [5.74, 6) is 0. The zero-order valence-electron chi connectivity index (χ0n) is 7.61. The average Bonchev–Trinajstić information content (AvgIpc) is 2.78. The first-order valence-corrected chi connectivity index (χ1v) is 5.19. The highest BCUT2D eigenvalue weighted by Gasteiger charge is 2.03. The number of hydrogen-bond donors (Lipinski definition) is 1. The predicted octanol–water partition coefficient (Wildman–Crippen LogP) is 2.31. The Morgan fingerprint density at radius 2 is 2.07 bits per heavy atom. The van der Waals surface area contributed by atoms with Crippen molar-refractivity contribution in [2.45, 2.75) is 0 Å². The normalized spacial score (nSPS) is 11.0. The highest BCUT2D eigenvalue weighted by atomic mass is 79.9. The Kier molecular flexibility index (Phi) is 1.85. The fourth-order valence-corrected chi connectivity index (χ4v) is 1.67. The molecule has 0 aliphatic carbocycles. The van der Waals surface area contributed by atoms with Crippen LogP contribution in [0.25, 0.3) is 16.9 Å². The maximum Gasteiger partial charge on any atom is 0.200 e. The number of nitrogens with one attached hydrogen (secondary N) is 1. The molecule has 0 aliphatic rings. The van der Waals surface area contributed by atoms with Crippen molar-refractivity contribution in [2.24, 2.45) is 0 Å². The number of nitrogens with zero attached hydrogens (tertiary/aromatic N) is 3. The van der Waals surface area contributed by atoms with Gasteiger partial charge in [-0.15, -0.1) is 5.10 Å². The van der Waals surface area contributed by atoms with Crippen LogP contribution in [0, 0.1) is 6.33 Å². The monoisotopic (exact) mass is 261 g/mol. The van der Waals surface area contributed by atoms with E-state index in [9.17, 15) is 0 Å². The average molecular weight is 262 g/mol. The third-order valence-electron chi connectivity index (χ3n) is 2.14. The molecule has 15 heavy (non-hydrogen) atoms. The number of H-pyrrole nitrogens is 1. The third-order valence-corrected chi connectivity index (χ3v) is 2.67. The summed E-state index contributed by atoms with van der Waals surface area (Å²) in [6, 6.07) is 7.93. The van der Waals surface area contributed by atoms with Gasteiger partial charge in [-0.25, -0.2) is 9.67 Å². The van der Waals surface area contributed by atoms with Gasteiger partial charge in [0.05, 0.1) is 11.9 Å². The van der Waals surface area contributed by atoms with E-state index in [1.54, 1.807) is 4.68 Å². The van der Waals surface area contributed by atoms with Gasteiger partial charge in [-0.2, -0.15) is 0 Å². The van der Waals surface area contributed by atoms with Crippen LogP contribution in [0.1, 0.15) is 0 Å². The van der Waals surface area contributed by atoms with Gasteiger partial charge in [0.15, 0.2) is 12.0 Å². The SMILES string of the molecule is Brc1ccc(-n2cc3[nH][c]nc3n2)cc1. The summed E-state index contributed by atoms with van der Waals surface area (Å²) in [6.07, 6.45) is 4.54. The second-order valence-electron chi connectivity index (χ2n) is 3.14. The smallest absolute Gasteiger partial charge is 0.200 e. The molecule has 3 aromatic rings. The molecule has 3 rings (SSSR count). The Bertz CT molecular complexity index is 565.